The van der Waals surface area contributed by atoms with E-state index in [1.807, 2.05) is 6.92 Å². The average Bonchev–Trinajstić information content (AvgIpc) is 3.15. The number of hydrogen-bond donors (Lipinski definition) is 3. The molecule has 0 amide bonds. The predicted molar refractivity (Wildman–Crippen MR) is 129 cm³/mol. The van der Waals surface area contributed by atoms with Crippen LogP contribution in [-0.4, -0.2) is 90.2 Å². The highest BCUT2D eigenvalue weighted by molar-refractivity contribution is 7.54. The number of aromatic amines is 1. The fraction of sp³-hybridized carbons (Fsp3) is 0.818. The van der Waals surface area contributed by atoms with Gasteiger partial charge in [-0.25, -0.2) is 4.79 Å². The number of rotatable bonds is 16. The van der Waals surface area contributed by atoms with Gasteiger partial charge in [-0.1, -0.05) is 13.3 Å². The molecule has 14 heteroatoms. The smallest absolute Gasteiger partial charge is 0.361 e. The van der Waals surface area contributed by atoms with Crippen LogP contribution in [-0.2, 0) is 32.6 Å². The Balaban J connectivity index is 2.50. The number of aliphatic hydroxyl groups excluding tert-OH is 2. The molecule has 2 rings (SSSR count). The highest BCUT2D eigenvalue weighted by Gasteiger charge is 2.54. The highest BCUT2D eigenvalue weighted by Crippen LogP contribution is 2.55. The first-order valence-corrected chi connectivity index (χ1v) is 13.7. The van der Waals surface area contributed by atoms with E-state index >= 15 is 0 Å². The van der Waals surface area contributed by atoms with Gasteiger partial charge in [-0.15, -0.1) is 0 Å². The van der Waals surface area contributed by atoms with E-state index in [0.29, 0.717) is 6.42 Å². The quantitative estimate of drug-likeness (QED) is 0.202. The lowest BCUT2D eigenvalue weighted by Gasteiger charge is -2.33. The van der Waals surface area contributed by atoms with Crippen LogP contribution in [0.15, 0.2) is 15.8 Å². The summed E-state index contributed by atoms with van der Waals surface area (Å²) in [6.45, 7) is 7.09. The van der Waals surface area contributed by atoms with Gasteiger partial charge in [0.25, 0.3) is 5.56 Å². The lowest BCUT2D eigenvalue weighted by atomic mass is 10.1. The molecule has 0 saturated carbocycles. The molecule has 1 aromatic rings. The van der Waals surface area contributed by atoms with Gasteiger partial charge in [0, 0.05) is 25.5 Å². The fourth-order valence-corrected chi connectivity index (χ4v) is 5.55. The zero-order valence-electron chi connectivity index (χ0n) is 21.5. The number of aromatic nitrogens is 2. The molecule has 1 aliphatic rings. The Morgan fingerprint density at radius 3 is 2.42 bits per heavy atom. The first-order chi connectivity index (χ1) is 17.1. The summed E-state index contributed by atoms with van der Waals surface area (Å²) in [5.41, 5.74) is -1.10. The van der Waals surface area contributed by atoms with Crippen LogP contribution in [0.3, 0.4) is 0 Å². The number of aryl methyl sites for hydroxylation is 1. The molecule has 1 aromatic heterocycles. The Labute approximate surface area is 210 Å². The van der Waals surface area contributed by atoms with Crippen molar-refractivity contribution < 1.29 is 42.8 Å². The van der Waals surface area contributed by atoms with E-state index in [1.165, 1.54) is 20.2 Å². The van der Waals surface area contributed by atoms with Crippen LogP contribution in [0.5, 0.6) is 0 Å². The van der Waals surface area contributed by atoms with Gasteiger partial charge in [-0.3, -0.25) is 18.9 Å². The Hall–Kier alpha value is -1.41. The normalized spacial score (nSPS) is 24.2. The number of unbranched alkanes of at least 4 members (excludes halogenated alkanes) is 1. The van der Waals surface area contributed by atoms with Crippen molar-refractivity contribution in [3.63, 3.8) is 0 Å². The van der Waals surface area contributed by atoms with Crippen LogP contribution < -0.4 is 11.2 Å². The molecule has 208 valence electrons. The third-order valence-electron chi connectivity index (χ3n) is 5.64. The predicted octanol–water partition coefficient (Wildman–Crippen LogP) is 0.905. The monoisotopic (exact) mass is 538 g/mol. The van der Waals surface area contributed by atoms with Crippen molar-refractivity contribution >= 4 is 7.60 Å². The molecule has 1 fully saturated rings. The van der Waals surface area contributed by atoms with E-state index < -0.39 is 55.3 Å². The lowest BCUT2D eigenvalue weighted by molar-refractivity contribution is -0.135. The SMILES string of the molecule is CCCCO[C@@H]([C@H]1O[C@@H](n2cc(C)c(=O)[nH]c2=O)[C@H](OCCOC)[C@@H]1O)[C@H](O)P(=O)(OCC)OCC. The van der Waals surface area contributed by atoms with Gasteiger partial charge < -0.3 is 38.2 Å². The molecule has 0 aromatic carbocycles. The van der Waals surface area contributed by atoms with E-state index in [2.05, 4.69) is 4.98 Å². The average molecular weight is 539 g/mol. The summed E-state index contributed by atoms with van der Waals surface area (Å²) in [6.07, 6.45) is -3.69. The van der Waals surface area contributed by atoms with Crippen molar-refractivity contribution in [1.82, 2.24) is 9.55 Å². The number of aliphatic hydroxyl groups is 2. The van der Waals surface area contributed by atoms with Crippen molar-refractivity contribution in [2.75, 3.05) is 40.1 Å². The van der Waals surface area contributed by atoms with Gasteiger partial charge in [0.1, 0.15) is 24.4 Å². The van der Waals surface area contributed by atoms with E-state index in [1.54, 1.807) is 13.8 Å². The standard InChI is InChI=1S/C22H39N2O11P/c1-6-9-10-31-18(21(27)36(29,33-7-2)34-8-3)16-15(25)17(32-12-11-30-5)20(35-16)24-13-14(4)19(26)23-22(24)28/h13,15-18,20-21,25,27H,6-12H2,1-5H3,(H,23,26,28)/t15-,16+,17-,18+,20-,21-/m1/s1. The minimum atomic E-state index is -4.09. The number of methoxy groups -OCH3 is 1. The van der Waals surface area contributed by atoms with Crippen LogP contribution >= 0.6 is 7.60 Å². The van der Waals surface area contributed by atoms with Gasteiger partial charge in [0.15, 0.2) is 12.1 Å². The number of ether oxygens (including phenoxy) is 4. The summed E-state index contributed by atoms with van der Waals surface area (Å²) in [7, 11) is -2.61. The van der Waals surface area contributed by atoms with Gasteiger partial charge in [0.2, 0.25) is 0 Å². The van der Waals surface area contributed by atoms with E-state index in [9.17, 15) is 24.4 Å². The second-order valence-electron chi connectivity index (χ2n) is 8.27. The van der Waals surface area contributed by atoms with Crippen LogP contribution in [0.25, 0.3) is 0 Å². The van der Waals surface area contributed by atoms with Gasteiger partial charge in [-0.2, -0.15) is 0 Å². The van der Waals surface area contributed by atoms with Gasteiger partial charge >= 0.3 is 13.3 Å². The van der Waals surface area contributed by atoms with Crippen molar-refractivity contribution in [2.24, 2.45) is 0 Å². The summed E-state index contributed by atoms with van der Waals surface area (Å²) >= 11 is 0. The van der Waals surface area contributed by atoms with Crippen LogP contribution in [0, 0.1) is 6.92 Å². The second-order valence-corrected chi connectivity index (χ2v) is 10.4. The molecule has 0 aliphatic carbocycles. The van der Waals surface area contributed by atoms with E-state index in [-0.39, 0.29) is 38.6 Å². The lowest BCUT2D eigenvalue weighted by Crippen LogP contribution is -2.47. The molecule has 1 aliphatic heterocycles. The highest BCUT2D eigenvalue weighted by atomic mass is 31.2. The van der Waals surface area contributed by atoms with E-state index in [0.717, 1.165) is 11.0 Å². The fourth-order valence-electron chi connectivity index (χ4n) is 3.84. The molecule has 6 atom stereocenters. The van der Waals surface area contributed by atoms with Crippen molar-refractivity contribution in [2.45, 2.75) is 77.0 Å². The third kappa shape index (κ3) is 7.33. The molecule has 0 radical (unpaired) electrons. The summed E-state index contributed by atoms with van der Waals surface area (Å²) < 4.78 is 47.8. The third-order valence-corrected chi connectivity index (χ3v) is 7.81. The molecule has 0 bridgehead atoms. The molecule has 36 heavy (non-hydrogen) atoms. The maximum atomic E-state index is 13.4. The number of H-pyrrole nitrogens is 1. The first kappa shape index (κ1) is 30.8. The molecular formula is C22H39N2O11P. The van der Waals surface area contributed by atoms with Crippen LogP contribution in [0.4, 0.5) is 0 Å². The zero-order chi connectivity index (χ0) is 26.9. The largest absolute Gasteiger partial charge is 0.387 e. The minimum Gasteiger partial charge on any atom is -0.387 e. The molecular weight excluding hydrogens is 499 g/mol. The molecule has 13 nitrogen and oxygen atoms in total. The second kappa shape index (κ2) is 14.5. The minimum absolute atomic E-state index is 0.00151. The molecule has 3 N–H and O–H groups in total. The summed E-state index contributed by atoms with van der Waals surface area (Å²) in [4.78, 5) is 26.7. The zero-order valence-corrected chi connectivity index (χ0v) is 22.3. The topological polar surface area (TPSA) is 168 Å². The van der Waals surface area contributed by atoms with Crippen molar-refractivity contribution in [3.8, 4) is 0 Å². The molecule has 1 saturated heterocycles. The number of hydrogen-bond acceptors (Lipinski definition) is 11. The van der Waals surface area contributed by atoms with Gasteiger partial charge in [-0.05, 0) is 27.2 Å². The summed E-state index contributed by atoms with van der Waals surface area (Å²) in [6, 6.07) is 0. The molecule has 0 spiro atoms. The Morgan fingerprint density at radius 2 is 1.83 bits per heavy atom. The molecule has 0 unspecified atom stereocenters. The maximum absolute atomic E-state index is 13.4. The Bertz CT molecular complexity index is 958. The van der Waals surface area contributed by atoms with Gasteiger partial charge in [0.05, 0.1) is 26.4 Å². The number of nitrogens with zero attached hydrogens (tertiary/aromatic N) is 1. The van der Waals surface area contributed by atoms with Crippen molar-refractivity contribution in [1.29, 1.82) is 0 Å². The van der Waals surface area contributed by atoms with E-state index in [4.69, 9.17) is 28.0 Å². The first-order valence-electron chi connectivity index (χ1n) is 12.1. The number of nitrogens with one attached hydrogen (secondary N) is 1. The van der Waals surface area contributed by atoms with Crippen molar-refractivity contribution in [3.05, 3.63) is 32.6 Å². The summed E-state index contributed by atoms with van der Waals surface area (Å²) in [5, 5.41) is 22.4. The van der Waals surface area contributed by atoms with Crippen LogP contribution in [0.1, 0.15) is 45.4 Å². The summed E-state index contributed by atoms with van der Waals surface area (Å²) in [5.74, 6) is -1.80. The van der Waals surface area contributed by atoms with Crippen LogP contribution in [0.2, 0.25) is 0 Å². The maximum Gasteiger partial charge on any atom is 0.361 e. The molecule has 2 heterocycles. The Kier molecular flexibility index (Phi) is 12.4. The Morgan fingerprint density at radius 1 is 1.17 bits per heavy atom.